The SMILES string of the molecule is CC(C)(C)C1N(C(=O)O)CC12CCN(c1ncncc1Oc1ccc(F)cc1Cl)C2. The molecule has 1 aromatic carbocycles. The number of anilines is 1. The van der Waals surface area contributed by atoms with Crippen molar-refractivity contribution in [1.82, 2.24) is 14.9 Å². The molecule has 4 rings (SSSR count). The molecule has 2 unspecified atom stereocenters. The van der Waals surface area contributed by atoms with Crippen molar-refractivity contribution in [2.24, 2.45) is 10.8 Å². The summed E-state index contributed by atoms with van der Waals surface area (Å²) in [5.74, 6) is 0.907. The first-order valence-corrected chi connectivity index (χ1v) is 10.2. The fourth-order valence-corrected chi connectivity index (χ4v) is 5.23. The Labute approximate surface area is 179 Å². The average Bonchev–Trinajstić information content (AvgIpc) is 3.08. The third-order valence-electron chi connectivity index (χ3n) is 5.90. The van der Waals surface area contributed by atoms with E-state index in [0.717, 1.165) is 13.0 Å². The van der Waals surface area contributed by atoms with Gasteiger partial charge in [-0.2, -0.15) is 0 Å². The third-order valence-corrected chi connectivity index (χ3v) is 6.20. The van der Waals surface area contributed by atoms with E-state index in [0.29, 0.717) is 30.4 Å². The minimum atomic E-state index is -0.879. The lowest BCUT2D eigenvalue weighted by molar-refractivity contribution is -0.0946. The zero-order chi connectivity index (χ0) is 21.7. The number of likely N-dealkylation sites (tertiary alicyclic amines) is 1. The van der Waals surface area contributed by atoms with Crippen molar-refractivity contribution in [2.75, 3.05) is 24.5 Å². The van der Waals surface area contributed by atoms with Crippen molar-refractivity contribution in [2.45, 2.75) is 33.2 Å². The predicted octanol–water partition coefficient (Wildman–Crippen LogP) is 4.67. The zero-order valence-corrected chi connectivity index (χ0v) is 17.9. The van der Waals surface area contributed by atoms with E-state index in [4.69, 9.17) is 16.3 Å². The lowest BCUT2D eigenvalue weighted by Gasteiger charge is -2.59. The van der Waals surface area contributed by atoms with Gasteiger partial charge in [0.15, 0.2) is 11.6 Å². The van der Waals surface area contributed by atoms with Gasteiger partial charge in [0, 0.05) is 31.1 Å². The molecule has 2 aliphatic heterocycles. The van der Waals surface area contributed by atoms with E-state index in [1.54, 1.807) is 11.1 Å². The van der Waals surface area contributed by atoms with Gasteiger partial charge < -0.3 is 19.6 Å². The van der Waals surface area contributed by atoms with Crippen LogP contribution in [0.15, 0.2) is 30.7 Å². The second-order valence-electron chi connectivity index (χ2n) is 9.10. The number of aromatic nitrogens is 2. The summed E-state index contributed by atoms with van der Waals surface area (Å²) in [6.07, 6.45) is 2.99. The molecule has 1 amide bonds. The maximum absolute atomic E-state index is 13.3. The molecule has 2 atom stereocenters. The van der Waals surface area contributed by atoms with Crippen molar-refractivity contribution in [3.63, 3.8) is 0 Å². The van der Waals surface area contributed by atoms with E-state index in [1.807, 2.05) is 0 Å². The molecule has 0 bridgehead atoms. The summed E-state index contributed by atoms with van der Waals surface area (Å²) in [5, 5.41) is 9.74. The molecule has 2 saturated heterocycles. The number of amides is 1. The van der Waals surface area contributed by atoms with Crippen LogP contribution in [0.2, 0.25) is 5.02 Å². The molecule has 2 fully saturated rings. The molecule has 2 aliphatic rings. The molecule has 1 spiro atoms. The van der Waals surface area contributed by atoms with Gasteiger partial charge in [-0.15, -0.1) is 0 Å². The predicted molar refractivity (Wildman–Crippen MR) is 111 cm³/mol. The van der Waals surface area contributed by atoms with Gasteiger partial charge in [0.25, 0.3) is 0 Å². The molecular formula is C21H24ClFN4O3. The maximum Gasteiger partial charge on any atom is 0.407 e. The molecule has 30 heavy (non-hydrogen) atoms. The fraction of sp³-hybridized carbons (Fsp3) is 0.476. The van der Waals surface area contributed by atoms with Crippen LogP contribution in [0.4, 0.5) is 15.0 Å². The number of carboxylic acid groups (broad SMARTS) is 1. The Bertz CT molecular complexity index is 983. The number of benzene rings is 1. The number of rotatable bonds is 3. The van der Waals surface area contributed by atoms with Gasteiger partial charge >= 0.3 is 6.09 Å². The van der Waals surface area contributed by atoms with Crippen molar-refractivity contribution >= 4 is 23.5 Å². The zero-order valence-electron chi connectivity index (χ0n) is 17.1. The van der Waals surface area contributed by atoms with Crippen LogP contribution in [-0.2, 0) is 0 Å². The molecule has 160 valence electrons. The first-order chi connectivity index (χ1) is 14.1. The van der Waals surface area contributed by atoms with Crippen molar-refractivity contribution in [1.29, 1.82) is 0 Å². The number of carbonyl (C=O) groups is 1. The number of hydrogen-bond donors (Lipinski definition) is 1. The molecule has 0 saturated carbocycles. The Hall–Kier alpha value is -2.61. The topological polar surface area (TPSA) is 78.8 Å². The first kappa shape index (κ1) is 20.7. The van der Waals surface area contributed by atoms with Gasteiger partial charge in [0.2, 0.25) is 0 Å². The molecule has 9 heteroatoms. The number of nitrogens with zero attached hydrogens (tertiary/aromatic N) is 4. The molecule has 7 nitrogen and oxygen atoms in total. The third kappa shape index (κ3) is 3.53. The molecule has 1 aromatic heterocycles. The van der Waals surface area contributed by atoms with E-state index in [2.05, 4.69) is 35.6 Å². The summed E-state index contributed by atoms with van der Waals surface area (Å²) < 4.78 is 19.3. The monoisotopic (exact) mass is 434 g/mol. The number of hydrogen-bond acceptors (Lipinski definition) is 5. The van der Waals surface area contributed by atoms with Crippen LogP contribution in [0.5, 0.6) is 11.5 Å². The first-order valence-electron chi connectivity index (χ1n) is 9.78. The standard InChI is InChI=1S/C21H24ClFN4O3/c1-20(2,3)18-21(11-27(18)19(28)29)6-7-26(10-21)17-16(9-24-12-25-17)30-15-5-4-13(23)8-14(15)22/h4-5,8-9,12,18H,6-7,10-11H2,1-3H3,(H,28,29). The Balaban J connectivity index is 1.59. The Morgan fingerprint density at radius 2 is 2.10 bits per heavy atom. The second-order valence-corrected chi connectivity index (χ2v) is 9.51. The summed E-state index contributed by atoms with van der Waals surface area (Å²) in [4.78, 5) is 23.8. The van der Waals surface area contributed by atoms with Crippen molar-refractivity contribution in [3.05, 3.63) is 41.6 Å². The Morgan fingerprint density at radius 1 is 1.33 bits per heavy atom. The molecule has 0 radical (unpaired) electrons. The maximum atomic E-state index is 13.3. The van der Waals surface area contributed by atoms with E-state index >= 15 is 0 Å². The fourth-order valence-electron chi connectivity index (χ4n) is 5.02. The smallest absolute Gasteiger partial charge is 0.407 e. The number of ether oxygens (including phenoxy) is 1. The van der Waals surface area contributed by atoms with Crippen LogP contribution in [0.25, 0.3) is 0 Å². The molecule has 0 aliphatic carbocycles. The highest BCUT2D eigenvalue weighted by Gasteiger charge is 2.61. The van der Waals surface area contributed by atoms with Crippen molar-refractivity contribution < 1.29 is 19.0 Å². The van der Waals surface area contributed by atoms with Crippen LogP contribution in [-0.4, -0.2) is 51.7 Å². The van der Waals surface area contributed by atoms with Crippen LogP contribution in [0, 0.1) is 16.6 Å². The normalized spacial score (nSPS) is 23.6. The Kier molecular flexibility index (Phi) is 5.00. The second kappa shape index (κ2) is 7.27. The van der Waals surface area contributed by atoms with E-state index in [-0.39, 0.29) is 21.9 Å². The summed E-state index contributed by atoms with van der Waals surface area (Å²) in [5.41, 5.74) is -0.314. The minimum Gasteiger partial charge on any atom is -0.465 e. The summed E-state index contributed by atoms with van der Waals surface area (Å²) in [6.45, 7) is 8.13. The molecule has 2 aromatic rings. The van der Waals surface area contributed by atoms with Crippen LogP contribution in [0.1, 0.15) is 27.2 Å². The highest BCUT2D eigenvalue weighted by molar-refractivity contribution is 6.32. The largest absolute Gasteiger partial charge is 0.465 e. The highest BCUT2D eigenvalue weighted by atomic mass is 35.5. The van der Waals surface area contributed by atoms with Crippen molar-refractivity contribution in [3.8, 4) is 11.5 Å². The lowest BCUT2D eigenvalue weighted by atomic mass is 9.61. The van der Waals surface area contributed by atoms with Gasteiger partial charge in [0.05, 0.1) is 11.2 Å². The molecule has 3 heterocycles. The summed E-state index contributed by atoms with van der Waals surface area (Å²) >= 11 is 6.10. The van der Waals surface area contributed by atoms with Gasteiger partial charge in [-0.3, -0.25) is 0 Å². The van der Waals surface area contributed by atoms with Crippen LogP contribution >= 0.6 is 11.6 Å². The van der Waals surface area contributed by atoms with Gasteiger partial charge in [0.1, 0.15) is 17.9 Å². The molecular weight excluding hydrogens is 411 g/mol. The van der Waals surface area contributed by atoms with Gasteiger partial charge in [-0.25, -0.2) is 19.2 Å². The quantitative estimate of drug-likeness (QED) is 0.756. The molecule has 1 N–H and O–H groups in total. The summed E-state index contributed by atoms with van der Waals surface area (Å²) in [7, 11) is 0. The summed E-state index contributed by atoms with van der Waals surface area (Å²) in [6, 6.07) is 3.85. The van der Waals surface area contributed by atoms with E-state index in [1.165, 1.54) is 24.5 Å². The van der Waals surface area contributed by atoms with E-state index < -0.39 is 11.9 Å². The average molecular weight is 435 g/mol. The number of halogens is 2. The highest BCUT2D eigenvalue weighted by Crippen LogP contribution is 2.53. The minimum absolute atomic E-state index is 0.0785. The van der Waals surface area contributed by atoms with Gasteiger partial charge in [-0.1, -0.05) is 32.4 Å². The van der Waals surface area contributed by atoms with E-state index in [9.17, 15) is 14.3 Å². The lowest BCUT2D eigenvalue weighted by Crippen LogP contribution is -2.71. The van der Waals surface area contributed by atoms with Crippen LogP contribution in [0.3, 0.4) is 0 Å². The Morgan fingerprint density at radius 3 is 2.77 bits per heavy atom. The van der Waals surface area contributed by atoms with Gasteiger partial charge in [-0.05, 0) is 30.0 Å². The van der Waals surface area contributed by atoms with Crippen LogP contribution < -0.4 is 9.64 Å².